The minimum atomic E-state index is -4.32. The van der Waals surface area contributed by atoms with E-state index in [1.807, 2.05) is 0 Å². The van der Waals surface area contributed by atoms with Crippen molar-refractivity contribution in [1.29, 1.82) is 0 Å². The molecule has 0 saturated carbocycles. The van der Waals surface area contributed by atoms with Gasteiger partial charge in [0.25, 0.3) is 0 Å². The van der Waals surface area contributed by atoms with Crippen molar-refractivity contribution in [3.63, 3.8) is 0 Å². The fourth-order valence-electron chi connectivity index (χ4n) is 0.575. The predicted molar refractivity (Wildman–Crippen MR) is 37.7 cm³/mol. The molecule has 0 fully saturated rings. The highest BCUT2D eigenvalue weighted by Gasteiger charge is 2.48. The van der Waals surface area contributed by atoms with Gasteiger partial charge in [0.2, 0.25) is 0 Å². The fraction of sp³-hybridized carbons (Fsp3) is 0.167. The van der Waals surface area contributed by atoms with Gasteiger partial charge in [0.05, 0.1) is 6.26 Å². The smallest absolute Gasteiger partial charge is 0.422 e. The van der Waals surface area contributed by atoms with E-state index in [1.54, 1.807) is 0 Å². The zero-order valence-corrected chi connectivity index (χ0v) is 6.88. The summed E-state index contributed by atoms with van der Waals surface area (Å²) >= 11 is 0. The average molecular weight is 210 g/mol. The maximum Gasteiger partial charge on any atom is 0.422 e. The third-order valence-electron chi connectivity index (χ3n) is 1.16. The molecular weight excluding hydrogens is 206 g/mol. The van der Waals surface area contributed by atoms with Crippen molar-refractivity contribution in [1.82, 2.24) is 0 Å². The first kappa shape index (κ1) is 9.85. The van der Waals surface area contributed by atoms with Crippen molar-refractivity contribution in [3.8, 4) is 0 Å². The molecule has 1 N–H and O–H groups in total. The third kappa shape index (κ3) is 1.74. The highest BCUT2D eigenvalue weighted by molar-refractivity contribution is 7.86. The van der Waals surface area contributed by atoms with E-state index in [-0.39, 0.29) is 0 Å². The van der Waals surface area contributed by atoms with Crippen molar-refractivity contribution >= 4 is 16.8 Å². The first-order valence-electron chi connectivity index (χ1n) is 3.03. The molecule has 0 saturated heterocycles. The van der Waals surface area contributed by atoms with Crippen LogP contribution < -0.4 is 0 Å². The van der Waals surface area contributed by atoms with Crippen molar-refractivity contribution in [2.75, 3.05) is 0 Å². The lowest BCUT2D eigenvalue weighted by molar-refractivity contribution is -0.153. The van der Waals surface area contributed by atoms with E-state index in [1.165, 1.54) is 6.07 Å². The average Bonchev–Trinajstić information content (AvgIpc) is 2.54. The van der Waals surface area contributed by atoms with Crippen LogP contribution in [0.4, 0.5) is 8.78 Å². The number of carboxylic acid groups (broad SMARTS) is 1. The maximum atomic E-state index is 12.5. The van der Waals surface area contributed by atoms with Gasteiger partial charge in [-0.05, 0) is 12.1 Å². The molecule has 1 rings (SSSR count). The molecule has 0 amide bonds. The Balaban J connectivity index is 2.98. The number of rotatable bonds is 3. The summed E-state index contributed by atoms with van der Waals surface area (Å²) in [5.74, 6) is -2.44. The molecule has 0 aliphatic heterocycles. The maximum absolute atomic E-state index is 12.5. The Morgan fingerprint density at radius 2 is 2.23 bits per heavy atom. The van der Waals surface area contributed by atoms with Crippen LogP contribution in [-0.2, 0) is 15.6 Å². The monoisotopic (exact) mass is 210 g/mol. The fourth-order valence-corrected chi connectivity index (χ4v) is 1.33. The molecule has 7 heteroatoms. The summed E-state index contributed by atoms with van der Waals surface area (Å²) in [5, 5.41) is 3.14. The molecule has 0 unspecified atom stereocenters. The standard InChI is InChI=1S/C6H4F2O4S/c7-6(8,5(9)10)13(11)4-2-1-3-12-4/h1-3H,(H,9,10)/t13-/m0/s1. The van der Waals surface area contributed by atoms with Crippen molar-refractivity contribution in [3.05, 3.63) is 18.4 Å². The van der Waals surface area contributed by atoms with Crippen LogP contribution in [0, 0.1) is 0 Å². The van der Waals surface area contributed by atoms with Gasteiger partial charge in [0.15, 0.2) is 15.9 Å². The van der Waals surface area contributed by atoms with Gasteiger partial charge in [-0.3, -0.25) is 0 Å². The molecule has 0 bridgehead atoms. The highest BCUT2D eigenvalue weighted by Crippen LogP contribution is 2.25. The van der Waals surface area contributed by atoms with Gasteiger partial charge in [-0.1, -0.05) is 0 Å². The molecule has 72 valence electrons. The Kier molecular flexibility index (Phi) is 2.46. The van der Waals surface area contributed by atoms with E-state index in [4.69, 9.17) is 5.11 Å². The van der Waals surface area contributed by atoms with Crippen LogP contribution in [-0.4, -0.2) is 20.5 Å². The molecule has 0 radical (unpaired) electrons. The van der Waals surface area contributed by atoms with Crippen molar-refractivity contribution in [2.24, 2.45) is 0 Å². The second kappa shape index (κ2) is 3.25. The molecule has 13 heavy (non-hydrogen) atoms. The van der Waals surface area contributed by atoms with Crippen LogP contribution in [0.15, 0.2) is 27.9 Å². The molecule has 0 spiro atoms. The van der Waals surface area contributed by atoms with Crippen LogP contribution in [0.5, 0.6) is 0 Å². The molecule has 1 atom stereocenters. The van der Waals surface area contributed by atoms with E-state index in [0.717, 1.165) is 12.3 Å². The minimum Gasteiger partial charge on any atom is -0.476 e. The summed E-state index contributed by atoms with van der Waals surface area (Å²) in [7, 11) is -2.99. The summed E-state index contributed by atoms with van der Waals surface area (Å²) in [5.41, 5.74) is 0. The van der Waals surface area contributed by atoms with Gasteiger partial charge >= 0.3 is 11.2 Å². The highest BCUT2D eigenvalue weighted by atomic mass is 32.2. The van der Waals surface area contributed by atoms with Gasteiger partial charge in [-0.15, -0.1) is 0 Å². The number of aliphatic carboxylic acids is 1. The second-order valence-corrected chi connectivity index (χ2v) is 3.48. The summed E-state index contributed by atoms with van der Waals surface area (Å²) < 4.78 is 40.3. The number of carboxylic acids is 1. The van der Waals surface area contributed by atoms with Crippen LogP contribution in [0.25, 0.3) is 0 Å². The van der Waals surface area contributed by atoms with Crippen molar-refractivity contribution < 1.29 is 27.3 Å². The molecule has 1 aromatic rings. The Hall–Kier alpha value is -1.24. The number of furan rings is 1. The molecule has 0 aromatic carbocycles. The van der Waals surface area contributed by atoms with Crippen LogP contribution in [0.2, 0.25) is 0 Å². The largest absolute Gasteiger partial charge is 0.476 e. The first-order chi connectivity index (χ1) is 5.96. The SMILES string of the molecule is O=C(O)C(F)(F)[S@@](=O)c1ccco1. The summed E-state index contributed by atoms with van der Waals surface area (Å²) in [6.45, 7) is 0. The molecule has 1 aromatic heterocycles. The number of hydrogen-bond acceptors (Lipinski definition) is 3. The van der Waals surface area contributed by atoms with E-state index >= 15 is 0 Å². The van der Waals surface area contributed by atoms with Gasteiger partial charge in [-0.25, -0.2) is 9.00 Å². The third-order valence-corrected chi connectivity index (χ3v) is 2.40. The Labute approximate surface area is 73.6 Å². The summed E-state index contributed by atoms with van der Waals surface area (Å²) in [4.78, 5) is 9.97. The second-order valence-electron chi connectivity index (χ2n) is 2.02. The number of alkyl halides is 2. The molecular formula is C6H4F2O4S. The minimum absolute atomic E-state index is 0.563. The number of hydrogen-bond donors (Lipinski definition) is 1. The predicted octanol–water partition coefficient (Wildman–Crippen LogP) is 1.06. The lowest BCUT2D eigenvalue weighted by Gasteiger charge is -2.07. The topological polar surface area (TPSA) is 67.5 Å². The number of carbonyl (C=O) groups is 1. The Morgan fingerprint density at radius 3 is 2.62 bits per heavy atom. The van der Waals surface area contributed by atoms with Gasteiger partial charge in [0, 0.05) is 0 Å². The van der Waals surface area contributed by atoms with Crippen LogP contribution >= 0.6 is 0 Å². The molecule has 4 nitrogen and oxygen atoms in total. The number of halogens is 2. The summed E-state index contributed by atoms with van der Waals surface area (Å²) in [6.07, 6.45) is 1.03. The Morgan fingerprint density at radius 1 is 1.62 bits per heavy atom. The van der Waals surface area contributed by atoms with Gasteiger partial charge in [0.1, 0.15) is 0 Å². The summed E-state index contributed by atoms with van der Waals surface area (Å²) in [6, 6.07) is 2.26. The zero-order chi connectivity index (χ0) is 10.1. The van der Waals surface area contributed by atoms with E-state index in [2.05, 4.69) is 4.42 Å². The molecule has 1 heterocycles. The van der Waals surface area contributed by atoms with E-state index < -0.39 is 27.1 Å². The quantitative estimate of drug-likeness (QED) is 0.810. The van der Waals surface area contributed by atoms with Crippen molar-refractivity contribution in [2.45, 2.75) is 10.3 Å². The molecule has 0 aliphatic rings. The van der Waals surface area contributed by atoms with Gasteiger partial charge in [-0.2, -0.15) is 8.78 Å². The lowest BCUT2D eigenvalue weighted by Crippen LogP contribution is -2.33. The van der Waals surface area contributed by atoms with Gasteiger partial charge < -0.3 is 9.52 Å². The molecule has 0 aliphatic carbocycles. The first-order valence-corrected chi connectivity index (χ1v) is 4.18. The zero-order valence-electron chi connectivity index (χ0n) is 6.07. The normalized spacial score (nSPS) is 14.0. The van der Waals surface area contributed by atoms with E-state index in [0.29, 0.717) is 0 Å². The lowest BCUT2D eigenvalue weighted by atomic mass is 10.7. The van der Waals surface area contributed by atoms with Crippen LogP contribution in [0.3, 0.4) is 0 Å². The van der Waals surface area contributed by atoms with E-state index in [9.17, 15) is 17.8 Å². The van der Waals surface area contributed by atoms with Crippen LogP contribution in [0.1, 0.15) is 0 Å². The Bertz CT molecular complexity index is 332.